The third-order valence-corrected chi connectivity index (χ3v) is 1.61. The van der Waals surface area contributed by atoms with Crippen LogP contribution in [0.5, 0.6) is 5.75 Å². The van der Waals surface area contributed by atoms with Crippen LogP contribution in [0.15, 0.2) is 24.3 Å². The topological polar surface area (TPSA) is 21.3 Å². The Balaban J connectivity index is 2.54. The van der Waals surface area contributed by atoms with E-state index in [9.17, 15) is 8.78 Å². The first-order valence-corrected chi connectivity index (χ1v) is 4.47. The lowest BCUT2D eigenvalue weighted by molar-refractivity contribution is 0.163. The summed E-state index contributed by atoms with van der Waals surface area (Å²) in [4.78, 5) is 0. The zero-order valence-electron chi connectivity index (χ0n) is 7.97. The first-order valence-electron chi connectivity index (χ1n) is 4.47. The maximum absolute atomic E-state index is 11.9. The van der Waals surface area contributed by atoms with Crippen LogP contribution in [0.25, 0.3) is 0 Å². The van der Waals surface area contributed by atoms with E-state index in [-0.39, 0.29) is 6.54 Å². The summed E-state index contributed by atoms with van der Waals surface area (Å²) in [5.41, 5.74) is 0.649. The summed E-state index contributed by atoms with van der Waals surface area (Å²) >= 11 is 0. The van der Waals surface area contributed by atoms with Crippen molar-refractivity contribution >= 4 is 5.69 Å². The summed E-state index contributed by atoms with van der Waals surface area (Å²) in [6, 6.07) is 6.98. The quantitative estimate of drug-likeness (QED) is 0.790. The zero-order chi connectivity index (χ0) is 10.4. The highest BCUT2D eigenvalue weighted by Crippen LogP contribution is 2.17. The number of ether oxygens (including phenoxy) is 1. The Morgan fingerprint density at radius 2 is 2.21 bits per heavy atom. The summed E-state index contributed by atoms with van der Waals surface area (Å²) in [6.07, 6.45) is -2.34. The Morgan fingerprint density at radius 1 is 1.43 bits per heavy atom. The Hall–Kier alpha value is -1.32. The molecule has 2 nitrogen and oxygen atoms in total. The standard InChI is InChI=1S/C10H13F2NO/c1-2-14-9-5-3-4-8(6-9)13-7-10(11)12/h3-6,10,13H,2,7H2,1H3. The fourth-order valence-corrected chi connectivity index (χ4v) is 1.06. The molecular formula is C10H13F2NO. The van der Waals surface area contributed by atoms with Gasteiger partial charge in [-0.2, -0.15) is 0 Å². The van der Waals surface area contributed by atoms with Crippen molar-refractivity contribution in [1.82, 2.24) is 0 Å². The predicted molar refractivity (Wildman–Crippen MR) is 52.1 cm³/mol. The number of rotatable bonds is 5. The highest BCUT2D eigenvalue weighted by Gasteiger charge is 2.01. The summed E-state index contributed by atoms with van der Waals surface area (Å²) in [7, 11) is 0. The number of anilines is 1. The van der Waals surface area contributed by atoms with Gasteiger partial charge in [0.25, 0.3) is 6.43 Å². The fraction of sp³-hybridized carbons (Fsp3) is 0.400. The van der Waals surface area contributed by atoms with E-state index in [1.165, 1.54) is 0 Å². The molecule has 14 heavy (non-hydrogen) atoms. The molecule has 0 fully saturated rings. The van der Waals surface area contributed by atoms with Gasteiger partial charge in [-0.25, -0.2) is 8.78 Å². The second-order valence-electron chi connectivity index (χ2n) is 2.73. The molecule has 0 bridgehead atoms. The van der Waals surface area contributed by atoms with Crippen LogP contribution >= 0.6 is 0 Å². The Bertz CT molecular complexity index is 279. The minimum Gasteiger partial charge on any atom is -0.494 e. The molecule has 0 aliphatic rings. The number of nitrogens with one attached hydrogen (secondary N) is 1. The summed E-state index contributed by atoms with van der Waals surface area (Å²) < 4.78 is 29.0. The van der Waals surface area contributed by atoms with Gasteiger partial charge >= 0.3 is 0 Å². The van der Waals surface area contributed by atoms with Gasteiger partial charge in [-0.1, -0.05) is 6.07 Å². The third-order valence-electron chi connectivity index (χ3n) is 1.61. The lowest BCUT2D eigenvalue weighted by Crippen LogP contribution is -2.10. The van der Waals surface area contributed by atoms with E-state index >= 15 is 0 Å². The van der Waals surface area contributed by atoms with Gasteiger partial charge in [0.2, 0.25) is 0 Å². The number of hydrogen-bond acceptors (Lipinski definition) is 2. The highest BCUT2D eigenvalue weighted by molar-refractivity contribution is 5.48. The first-order chi connectivity index (χ1) is 6.72. The van der Waals surface area contributed by atoms with Crippen LogP contribution < -0.4 is 10.1 Å². The molecule has 0 atom stereocenters. The minimum absolute atomic E-state index is 0.338. The Labute approximate surface area is 81.9 Å². The number of hydrogen-bond donors (Lipinski definition) is 1. The van der Waals surface area contributed by atoms with E-state index in [1.807, 2.05) is 6.92 Å². The average Bonchev–Trinajstić information content (AvgIpc) is 2.16. The normalized spacial score (nSPS) is 10.3. The van der Waals surface area contributed by atoms with E-state index < -0.39 is 6.43 Å². The Kier molecular flexibility index (Phi) is 4.16. The van der Waals surface area contributed by atoms with Gasteiger partial charge in [-0.05, 0) is 19.1 Å². The zero-order valence-corrected chi connectivity index (χ0v) is 7.97. The van der Waals surface area contributed by atoms with Gasteiger partial charge in [0.15, 0.2) is 0 Å². The SMILES string of the molecule is CCOc1cccc(NCC(F)F)c1. The van der Waals surface area contributed by atoms with Crippen molar-refractivity contribution in [2.75, 3.05) is 18.5 Å². The maximum atomic E-state index is 11.9. The molecule has 0 heterocycles. The summed E-state index contributed by atoms with van der Waals surface area (Å²) in [5, 5.41) is 2.61. The van der Waals surface area contributed by atoms with Crippen molar-refractivity contribution in [3.63, 3.8) is 0 Å². The van der Waals surface area contributed by atoms with Gasteiger partial charge in [-0.3, -0.25) is 0 Å². The lowest BCUT2D eigenvalue weighted by Gasteiger charge is -2.07. The largest absolute Gasteiger partial charge is 0.494 e. The smallest absolute Gasteiger partial charge is 0.255 e. The molecule has 0 aliphatic carbocycles. The molecule has 0 aliphatic heterocycles. The minimum atomic E-state index is -2.34. The predicted octanol–water partition coefficient (Wildman–Crippen LogP) is 2.76. The number of benzene rings is 1. The van der Waals surface area contributed by atoms with Crippen LogP contribution in [0.3, 0.4) is 0 Å². The molecule has 0 radical (unpaired) electrons. The molecule has 0 amide bonds. The highest BCUT2D eigenvalue weighted by atomic mass is 19.3. The molecule has 0 saturated heterocycles. The van der Waals surface area contributed by atoms with Crippen LogP contribution in [0.1, 0.15) is 6.92 Å². The van der Waals surface area contributed by atoms with Crippen LogP contribution in [0.4, 0.5) is 14.5 Å². The number of alkyl halides is 2. The molecule has 1 rings (SSSR count). The van der Waals surface area contributed by atoms with Crippen LogP contribution in [-0.4, -0.2) is 19.6 Å². The molecule has 0 aromatic heterocycles. The van der Waals surface area contributed by atoms with Gasteiger partial charge in [0.05, 0.1) is 13.2 Å². The Morgan fingerprint density at radius 3 is 2.86 bits per heavy atom. The summed E-state index contributed by atoms with van der Waals surface area (Å²) in [5.74, 6) is 0.687. The van der Waals surface area contributed by atoms with E-state index in [4.69, 9.17) is 4.74 Å². The van der Waals surface area contributed by atoms with Crippen molar-refractivity contribution in [3.8, 4) is 5.75 Å². The van der Waals surface area contributed by atoms with E-state index in [2.05, 4.69) is 5.32 Å². The van der Waals surface area contributed by atoms with Crippen molar-refractivity contribution < 1.29 is 13.5 Å². The summed E-state index contributed by atoms with van der Waals surface area (Å²) in [6.45, 7) is 2.10. The van der Waals surface area contributed by atoms with Crippen LogP contribution in [0.2, 0.25) is 0 Å². The molecular weight excluding hydrogens is 188 g/mol. The third kappa shape index (κ3) is 3.60. The second-order valence-corrected chi connectivity index (χ2v) is 2.73. The first kappa shape index (κ1) is 10.8. The fourth-order valence-electron chi connectivity index (χ4n) is 1.06. The van der Waals surface area contributed by atoms with Gasteiger partial charge in [0, 0.05) is 11.8 Å². The molecule has 0 unspecified atom stereocenters. The maximum Gasteiger partial charge on any atom is 0.255 e. The monoisotopic (exact) mass is 201 g/mol. The van der Waals surface area contributed by atoms with Gasteiger partial charge in [0.1, 0.15) is 5.75 Å². The van der Waals surface area contributed by atoms with Gasteiger partial charge < -0.3 is 10.1 Å². The van der Waals surface area contributed by atoms with Crippen molar-refractivity contribution in [3.05, 3.63) is 24.3 Å². The van der Waals surface area contributed by atoms with Crippen LogP contribution in [0, 0.1) is 0 Å². The number of halogens is 2. The van der Waals surface area contributed by atoms with Crippen molar-refractivity contribution in [2.45, 2.75) is 13.3 Å². The van der Waals surface area contributed by atoms with E-state index in [1.54, 1.807) is 24.3 Å². The molecule has 1 aromatic rings. The average molecular weight is 201 g/mol. The van der Waals surface area contributed by atoms with Gasteiger partial charge in [-0.15, -0.1) is 0 Å². The molecule has 1 aromatic carbocycles. The molecule has 1 N–H and O–H groups in total. The molecule has 78 valence electrons. The molecule has 0 saturated carbocycles. The molecule has 0 spiro atoms. The van der Waals surface area contributed by atoms with Crippen molar-refractivity contribution in [2.24, 2.45) is 0 Å². The van der Waals surface area contributed by atoms with Crippen molar-refractivity contribution in [1.29, 1.82) is 0 Å². The van der Waals surface area contributed by atoms with Crippen LogP contribution in [-0.2, 0) is 0 Å². The lowest BCUT2D eigenvalue weighted by atomic mass is 10.3. The second kappa shape index (κ2) is 5.42. The molecule has 4 heteroatoms. The van der Waals surface area contributed by atoms with E-state index in [0.29, 0.717) is 18.0 Å². The van der Waals surface area contributed by atoms with E-state index in [0.717, 1.165) is 0 Å².